The van der Waals surface area contributed by atoms with Gasteiger partial charge in [-0.2, -0.15) is 4.31 Å². The van der Waals surface area contributed by atoms with Gasteiger partial charge in [0.2, 0.25) is 15.9 Å². The van der Waals surface area contributed by atoms with Crippen molar-refractivity contribution in [1.29, 1.82) is 0 Å². The van der Waals surface area contributed by atoms with Gasteiger partial charge in [0.15, 0.2) is 11.0 Å². The molecule has 2 fully saturated rings. The van der Waals surface area contributed by atoms with Crippen molar-refractivity contribution in [2.24, 2.45) is 0 Å². The van der Waals surface area contributed by atoms with Gasteiger partial charge < -0.3 is 5.32 Å². The number of carbonyl (C=O) groups is 1. The zero-order valence-electron chi connectivity index (χ0n) is 22.7. The second-order valence-corrected chi connectivity index (χ2v) is 14.9. The van der Waals surface area contributed by atoms with E-state index in [9.17, 15) is 13.2 Å². The Bertz CT molecular complexity index is 1520. The number of hydrogen-bond donors (Lipinski definition) is 1. The van der Waals surface area contributed by atoms with Crippen LogP contribution in [0.15, 0.2) is 46.5 Å². The highest BCUT2D eigenvalue weighted by Crippen LogP contribution is 2.39. The molecule has 1 saturated carbocycles. The fraction of sp³-hybridized carbons (Fsp3) is 0.464. The van der Waals surface area contributed by atoms with Gasteiger partial charge in [-0.3, -0.25) is 9.36 Å². The molecule has 1 amide bonds. The van der Waals surface area contributed by atoms with Crippen molar-refractivity contribution < 1.29 is 13.2 Å². The highest BCUT2D eigenvalue weighted by atomic mass is 35.5. The van der Waals surface area contributed by atoms with Crippen molar-refractivity contribution in [2.75, 3.05) is 18.4 Å². The molecule has 0 radical (unpaired) electrons. The van der Waals surface area contributed by atoms with Gasteiger partial charge in [0, 0.05) is 29.7 Å². The normalized spacial score (nSPS) is 17.9. The Hall–Kier alpha value is -1.82. The molecule has 5 rings (SSSR count). The van der Waals surface area contributed by atoms with E-state index in [4.69, 9.17) is 34.8 Å². The molecular formula is C28H32Cl3N5O3S2. The molecule has 1 aromatic heterocycles. The Morgan fingerprint density at radius 1 is 0.951 bits per heavy atom. The van der Waals surface area contributed by atoms with Crippen LogP contribution in [0.2, 0.25) is 15.1 Å². The molecule has 1 atom stereocenters. The number of amides is 1. The maximum Gasteiger partial charge on any atom is 0.243 e. The van der Waals surface area contributed by atoms with E-state index in [1.807, 2.05) is 6.07 Å². The van der Waals surface area contributed by atoms with Crippen LogP contribution in [0.1, 0.15) is 64.3 Å². The lowest BCUT2D eigenvalue weighted by Crippen LogP contribution is -2.35. The van der Waals surface area contributed by atoms with Crippen LogP contribution in [-0.4, -0.2) is 51.7 Å². The number of anilines is 1. The van der Waals surface area contributed by atoms with Gasteiger partial charge >= 0.3 is 0 Å². The lowest BCUT2D eigenvalue weighted by molar-refractivity contribution is -0.115. The molecule has 0 bridgehead atoms. The van der Waals surface area contributed by atoms with E-state index in [-0.39, 0.29) is 27.6 Å². The largest absolute Gasteiger partial charge is 0.324 e. The second-order valence-electron chi connectivity index (χ2n) is 10.4. The standard InChI is InChI=1S/C28H32Cl3N5O3S2/c1-18(27(37)32-25-17-21(11-13-23(25)30)41(38,39)35-14-6-3-7-15-35)40-28-34-33-26(22-12-10-19(29)16-24(22)31)36(28)20-8-4-2-5-9-20/h10-13,16-18,20H,2-9,14-15H2,1H3,(H,32,37). The van der Waals surface area contributed by atoms with Crippen molar-refractivity contribution in [3.8, 4) is 11.4 Å². The Balaban J connectivity index is 1.37. The van der Waals surface area contributed by atoms with Crippen LogP contribution in [0.3, 0.4) is 0 Å². The minimum atomic E-state index is -3.68. The second kappa shape index (κ2) is 13.2. The molecule has 1 saturated heterocycles. The van der Waals surface area contributed by atoms with Crippen molar-refractivity contribution in [3.05, 3.63) is 51.5 Å². The van der Waals surface area contributed by atoms with Crippen LogP contribution < -0.4 is 5.32 Å². The zero-order valence-corrected chi connectivity index (χ0v) is 26.6. The highest BCUT2D eigenvalue weighted by Gasteiger charge is 2.29. The molecule has 1 unspecified atom stereocenters. The van der Waals surface area contributed by atoms with Crippen LogP contribution in [0, 0.1) is 0 Å². The molecular weight excluding hydrogens is 625 g/mol. The predicted molar refractivity (Wildman–Crippen MR) is 166 cm³/mol. The smallest absolute Gasteiger partial charge is 0.243 e. The number of rotatable bonds is 8. The van der Waals surface area contributed by atoms with Gasteiger partial charge in [-0.25, -0.2) is 8.42 Å². The number of aromatic nitrogens is 3. The first-order chi connectivity index (χ1) is 19.6. The fourth-order valence-corrected chi connectivity index (χ4v) is 8.46. The van der Waals surface area contributed by atoms with E-state index >= 15 is 0 Å². The van der Waals surface area contributed by atoms with Crippen LogP contribution in [0.4, 0.5) is 5.69 Å². The topological polar surface area (TPSA) is 97.2 Å². The minimum Gasteiger partial charge on any atom is -0.324 e. The quantitative estimate of drug-likeness (QED) is 0.250. The Labute approximate surface area is 260 Å². The van der Waals surface area contributed by atoms with Gasteiger partial charge in [-0.05, 0) is 69.0 Å². The number of sulfonamides is 1. The van der Waals surface area contributed by atoms with Crippen molar-refractivity contribution in [3.63, 3.8) is 0 Å². The SMILES string of the molecule is CC(Sc1nnc(-c2ccc(Cl)cc2Cl)n1C1CCCCC1)C(=O)Nc1cc(S(=O)(=O)N2CCCCC2)ccc1Cl. The molecule has 2 heterocycles. The number of nitrogens with zero attached hydrogens (tertiary/aromatic N) is 4. The summed E-state index contributed by atoms with van der Waals surface area (Å²) in [6.07, 6.45) is 8.05. The number of thioether (sulfide) groups is 1. The average Bonchev–Trinajstić information content (AvgIpc) is 3.38. The molecule has 1 aliphatic carbocycles. The van der Waals surface area contributed by atoms with E-state index in [0.717, 1.165) is 50.5 Å². The lowest BCUT2D eigenvalue weighted by Gasteiger charge is -2.26. The summed E-state index contributed by atoms with van der Waals surface area (Å²) in [5.74, 6) is 0.320. The number of nitrogens with one attached hydrogen (secondary N) is 1. The molecule has 41 heavy (non-hydrogen) atoms. The summed E-state index contributed by atoms with van der Waals surface area (Å²) in [6, 6.07) is 9.91. The van der Waals surface area contributed by atoms with Crippen molar-refractivity contribution >= 4 is 68.2 Å². The average molecular weight is 657 g/mol. The Kier molecular flexibility index (Phi) is 9.88. The van der Waals surface area contributed by atoms with Crippen LogP contribution >= 0.6 is 46.6 Å². The molecule has 0 spiro atoms. The molecule has 2 aliphatic rings. The first-order valence-corrected chi connectivity index (χ1v) is 17.3. The zero-order chi connectivity index (χ0) is 29.1. The highest BCUT2D eigenvalue weighted by molar-refractivity contribution is 8.00. The maximum atomic E-state index is 13.3. The van der Waals surface area contributed by atoms with Crippen molar-refractivity contribution in [1.82, 2.24) is 19.1 Å². The number of carbonyl (C=O) groups excluding carboxylic acids is 1. The Morgan fingerprint density at radius 3 is 2.37 bits per heavy atom. The predicted octanol–water partition coefficient (Wildman–Crippen LogP) is 7.70. The van der Waals surface area contributed by atoms with E-state index < -0.39 is 15.3 Å². The summed E-state index contributed by atoms with van der Waals surface area (Å²) in [5, 5.41) is 13.1. The van der Waals surface area contributed by atoms with Gasteiger partial charge in [0.25, 0.3) is 0 Å². The third kappa shape index (κ3) is 6.89. The van der Waals surface area contributed by atoms with Crippen LogP contribution in [-0.2, 0) is 14.8 Å². The van der Waals surface area contributed by atoms with Gasteiger partial charge in [0.05, 0.1) is 25.9 Å². The maximum absolute atomic E-state index is 13.3. The van der Waals surface area contributed by atoms with Crippen LogP contribution in [0.5, 0.6) is 0 Å². The van der Waals surface area contributed by atoms with E-state index in [0.29, 0.717) is 34.1 Å². The molecule has 2 aromatic carbocycles. The first-order valence-electron chi connectivity index (χ1n) is 13.8. The molecule has 220 valence electrons. The molecule has 1 N–H and O–H groups in total. The molecule has 13 heteroatoms. The van der Waals surface area contributed by atoms with Crippen molar-refractivity contribution in [2.45, 2.75) is 79.6 Å². The van der Waals surface area contributed by atoms with E-state index in [2.05, 4.69) is 20.1 Å². The molecule has 8 nitrogen and oxygen atoms in total. The summed E-state index contributed by atoms with van der Waals surface area (Å²) in [5.41, 5.74) is 0.987. The summed E-state index contributed by atoms with van der Waals surface area (Å²) >= 11 is 20.4. The van der Waals surface area contributed by atoms with Crippen LogP contribution in [0.25, 0.3) is 11.4 Å². The number of benzene rings is 2. The summed E-state index contributed by atoms with van der Waals surface area (Å²) in [7, 11) is -3.68. The lowest BCUT2D eigenvalue weighted by atomic mass is 9.95. The number of hydrogen-bond acceptors (Lipinski definition) is 6. The number of piperidine rings is 1. The first kappa shape index (κ1) is 30.6. The molecule has 3 aromatic rings. The summed E-state index contributed by atoms with van der Waals surface area (Å²) < 4.78 is 30.0. The monoisotopic (exact) mass is 655 g/mol. The van der Waals surface area contributed by atoms with E-state index in [1.165, 1.54) is 40.7 Å². The summed E-state index contributed by atoms with van der Waals surface area (Å²) in [4.78, 5) is 13.5. The van der Waals surface area contributed by atoms with Gasteiger partial charge in [0.1, 0.15) is 0 Å². The van der Waals surface area contributed by atoms with E-state index in [1.54, 1.807) is 19.1 Å². The third-order valence-electron chi connectivity index (χ3n) is 7.58. The van der Waals surface area contributed by atoms with Gasteiger partial charge in [-0.15, -0.1) is 10.2 Å². The summed E-state index contributed by atoms with van der Waals surface area (Å²) in [6.45, 7) is 2.76. The fourth-order valence-electron chi connectivity index (χ4n) is 5.34. The Morgan fingerprint density at radius 2 is 1.66 bits per heavy atom. The molecule has 1 aliphatic heterocycles. The third-order valence-corrected chi connectivity index (χ3v) is 11.4. The van der Waals surface area contributed by atoms with Gasteiger partial charge in [-0.1, -0.05) is 72.2 Å². The number of halogens is 3. The minimum absolute atomic E-state index is 0.112.